The summed E-state index contributed by atoms with van der Waals surface area (Å²) < 4.78 is 4.62. The molecule has 0 aliphatic heterocycles. The average Bonchev–Trinajstić information content (AvgIpc) is 2.29. The molecule has 1 aromatic rings. The van der Waals surface area contributed by atoms with Crippen molar-refractivity contribution in [1.82, 2.24) is 5.48 Å². The zero-order chi connectivity index (χ0) is 12.0. The van der Waals surface area contributed by atoms with Gasteiger partial charge in [0.1, 0.15) is 6.61 Å². The monoisotopic (exact) mass is 240 g/mol. The van der Waals surface area contributed by atoms with Crippen LogP contribution in [0.3, 0.4) is 0 Å². The van der Waals surface area contributed by atoms with Crippen molar-refractivity contribution < 1.29 is 9.57 Å². The Balaban J connectivity index is 2.41. The molecule has 0 radical (unpaired) electrons. The first-order chi connectivity index (χ1) is 7.63. The fourth-order valence-electron chi connectivity index (χ4n) is 0.958. The van der Waals surface area contributed by atoms with Gasteiger partial charge in [0, 0.05) is 5.02 Å². The fraction of sp³-hybridized carbons (Fsp3) is 0.182. The van der Waals surface area contributed by atoms with E-state index >= 15 is 0 Å². The number of nitrogens with one attached hydrogen (secondary N) is 2. The van der Waals surface area contributed by atoms with Crippen molar-refractivity contribution in [2.24, 2.45) is 0 Å². The molecule has 0 saturated carbocycles. The van der Waals surface area contributed by atoms with Crippen LogP contribution in [0.1, 0.15) is 5.56 Å². The second-order valence-corrected chi connectivity index (χ2v) is 3.44. The molecule has 16 heavy (non-hydrogen) atoms. The quantitative estimate of drug-likeness (QED) is 0.472. The lowest BCUT2D eigenvalue weighted by Gasteiger charge is -2.09. The number of hydroxylamine groups is 1. The summed E-state index contributed by atoms with van der Waals surface area (Å²) in [6, 6.07) is 7.17. The van der Waals surface area contributed by atoms with Crippen LogP contribution in [0, 0.1) is 5.41 Å². The van der Waals surface area contributed by atoms with Crippen LogP contribution in [0.2, 0.25) is 5.02 Å². The smallest absolute Gasteiger partial charge is 0.209 e. The molecule has 0 unspecified atom stereocenters. The Labute approximate surface area is 99.3 Å². The lowest BCUT2D eigenvalue weighted by molar-refractivity contribution is 0.0998. The summed E-state index contributed by atoms with van der Waals surface area (Å²) in [6.07, 6.45) is 0. The maximum absolute atomic E-state index is 7.18. The van der Waals surface area contributed by atoms with Gasteiger partial charge in [-0.3, -0.25) is 15.7 Å². The van der Waals surface area contributed by atoms with Gasteiger partial charge in [0.2, 0.25) is 5.90 Å². The number of hydrogen-bond acceptors (Lipinski definition) is 4. The van der Waals surface area contributed by atoms with Gasteiger partial charge in [-0.05, 0) is 17.7 Å². The number of benzene rings is 1. The molecular weight excluding hydrogens is 228 g/mol. The van der Waals surface area contributed by atoms with E-state index in [0.717, 1.165) is 5.56 Å². The molecule has 0 heterocycles. The second-order valence-electron chi connectivity index (χ2n) is 3.00. The Bertz CT molecular complexity index is 376. The van der Waals surface area contributed by atoms with Crippen molar-refractivity contribution in [1.29, 1.82) is 5.41 Å². The Morgan fingerprint density at radius 3 is 2.62 bits per heavy atom. The molecule has 0 fully saturated rings. The first-order valence-corrected chi connectivity index (χ1v) is 4.95. The standard InChI is InChI=1S/C11H13ClN2O2/c1-8(14-16-7-11(13)15-2)9-3-5-10(12)6-4-9/h3-6,13-14H,1,7H2,2H3. The number of ether oxygens (including phenoxy) is 1. The summed E-state index contributed by atoms with van der Waals surface area (Å²) in [5.74, 6) is 0.0383. The summed E-state index contributed by atoms with van der Waals surface area (Å²) in [7, 11) is 1.42. The van der Waals surface area contributed by atoms with Crippen LogP contribution in [0.25, 0.3) is 5.70 Å². The highest BCUT2D eigenvalue weighted by Crippen LogP contribution is 2.14. The first-order valence-electron chi connectivity index (χ1n) is 4.57. The molecule has 5 heteroatoms. The molecular formula is C11H13ClN2O2. The summed E-state index contributed by atoms with van der Waals surface area (Å²) >= 11 is 5.76. The molecule has 86 valence electrons. The van der Waals surface area contributed by atoms with E-state index in [0.29, 0.717) is 10.7 Å². The number of halogens is 1. The molecule has 1 aromatic carbocycles. The van der Waals surface area contributed by atoms with Gasteiger partial charge in [-0.2, -0.15) is 0 Å². The molecule has 4 nitrogen and oxygen atoms in total. The minimum atomic E-state index is 0.0383. The van der Waals surface area contributed by atoms with Gasteiger partial charge in [-0.25, -0.2) is 0 Å². The van der Waals surface area contributed by atoms with E-state index in [2.05, 4.69) is 16.8 Å². The number of methoxy groups -OCH3 is 1. The minimum absolute atomic E-state index is 0.0383. The van der Waals surface area contributed by atoms with Gasteiger partial charge in [0.15, 0.2) is 0 Å². The zero-order valence-corrected chi connectivity index (χ0v) is 9.67. The molecule has 1 rings (SSSR count). The molecule has 2 N–H and O–H groups in total. The summed E-state index contributed by atoms with van der Waals surface area (Å²) in [5.41, 5.74) is 4.09. The van der Waals surface area contributed by atoms with E-state index in [1.807, 2.05) is 12.1 Å². The van der Waals surface area contributed by atoms with Crippen molar-refractivity contribution in [3.8, 4) is 0 Å². The van der Waals surface area contributed by atoms with Gasteiger partial charge in [-0.1, -0.05) is 30.3 Å². The van der Waals surface area contributed by atoms with Crippen LogP contribution >= 0.6 is 11.6 Å². The van der Waals surface area contributed by atoms with Crippen LogP contribution in [0.5, 0.6) is 0 Å². The van der Waals surface area contributed by atoms with E-state index in [9.17, 15) is 0 Å². The van der Waals surface area contributed by atoms with Crippen molar-refractivity contribution in [2.45, 2.75) is 0 Å². The highest BCUT2D eigenvalue weighted by molar-refractivity contribution is 6.30. The topological polar surface area (TPSA) is 54.3 Å². The molecule has 0 amide bonds. The van der Waals surface area contributed by atoms with Crippen molar-refractivity contribution in [3.05, 3.63) is 41.4 Å². The molecule has 0 spiro atoms. The third-order valence-electron chi connectivity index (χ3n) is 1.84. The van der Waals surface area contributed by atoms with Crippen LogP contribution in [0.4, 0.5) is 0 Å². The van der Waals surface area contributed by atoms with E-state index in [-0.39, 0.29) is 12.5 Å². The van der Waals surface area contributed by atoms with Gasteiger partial charge in [0.05, 0.1) is 12.8 Å². The Hall–Kier alpha value is -1.52. The van der Waals surface area contributed by atoms with E-state index < -0.39 is 0 Å². The Morgan fingerprint density at radius 2 is 2.06 bits per heavy atom. The highest BCUT2D eigenvalue weighted by atomic mass is 35.5. The van der Waals surface area contributed by atoms with Crippen molar-refractivity contribution in [3.63, 3.8) is 0 Å². The highest BCUT2D eigenvalue weighted by Gasteiger charge is 2.00. The fourth-order valence-corrected chi connectivity index (χ4v) is 1.08. The first kappa shape index (κ1) is 12.5. The lowest BCUT2D eigenvalue weighted by Crippen LogP contribution is -2.18. The molecule has 0 saturated heterocycles. The second kappa shape index (κ2) is 6.15. The maximum atomic E-state index is 7.18. The number of rotatable bonds is 5. The van der Waals surface area contributed by atoms with E-state index in [4.69, 9.17) is 21.8 Å². The molecule has 0 atom stereocenters. The van der Waals surface area contributed by atoms with Gasteiger partial charge in [0.25, 0.3) is 0 Å². The predicted octanol–water partition coefficient (Wildman–Crippen LogP) is 2.46. The van der Waals surface area contributed by atoms with Crippen LogP contribution in [-0.4, -0.2) is 19.6 Å². The Kier molecular flexibility index (Phi) is 4.82. The van der Waals surface area contributed by atoms with Crippen LogP contribution < -0.4 is 5.48 Å². The average molecular weight is 241 g/mol. The van der Waals surface area contributed by atoms with E-state index in [1.165, 1.54) is 7.11 Å². The molecule has 0 aliphatic carbocycles. The third kappa shape index (κ3) is 3.92. The lowest BCUT2D eigenvalue weighted by atomic mass is 10.2. The minimum Gasteiger partial charge on any atom is -0.483 e. The summed E-state index contributed by atoms with van der Waals surface area (Å²) in [6.45, 7) is 3.83. The van der Waals surface area contributed by atoms with Gasteiger partial charge < -0.3 is 4.74 Å². The SMILES string of the molecule is C=C(NOCC(=N)OC)c1ccc(Cl)cc1. The molecule has 0 bridgehead atoms. The van der Waals surface area contributed by atoms with Crippen molar-refractivity contribution in [2.75, 3.05) is 13.7 Å². The van der Waals surface area contributed by atoms with Gasteiger partial charge >= 0.3 is 0 Å². The normalized spacial score (nSPS) is 9.62. The predicted molar refractivity (Wildman–Crippen MR) is 64.3 cm³/mol. The van der Waals surface area contributed by atoms with E-state index in [1.54, 1.807) is 12.1 Å². The molecule has 0 aromatic heterocycles. The third-order valence-corrected chi connectivity index (χ3v) is 2.09. The largest absolute Gasteiger partial charge is 0.483 e. The zero-order valence-electron chi connectivity index (χ0n) is 8.92. The van der Waals surface area contributed by atoms with Crippen LogP contribution in [-0.2, 0) is 9.57 Å². The molecule has 0 aliphatic rings. The number of hydrogen-bond donors (Lipinski definition) is 2. The Morgan fingerprint density at radius 1 is 1.44 bits per heavy atom. The van der Waals surface area contributed by atoms with Crippen LogP contribution in [0.15, 0.2) is 30.8 Å². The van der Waals surface area contributed by atoms with Gasteiger partial charge in [-0.15, -0.1) is 0 Å². The summed E-state index contributed by atoms with van der Waals surface area (Å²) in [4.78, 5) is 5.00. The van der Waals surface area contributed by atoms with Crippen molar-refractivity contribution >= 4 is 23.2 Å². The maximum Gasteiger partial charge on any atom is 0.209 e. The summed E-state index contributed by atoms with van der Waals surface area (Å²) in [5, 5.41) is 7.85.